The maximum absolute atomic E-state index is 13.1. The van der Waals surface area contributed by atoms with Crippen LogP contribution in [0.5, 0.6) is 0 Å². The number of anilines is 1. The van der Waals surface area contributed by atoms with Crippen LogP contribution in [0, 0.1) is 6.92 Å². The van der Waals surface area contributed by atoms with Gasteiger partial charge in [-0.2, -0.15) is 5.10 Å². The van der Waals surface area contributed by atoms with E-state index in [4.69, 9.17) is 23.2 Å². The highest BCUT2D eigenvalue weighted by atomic mass is 35.5. The summed E-state index contributed by atoms with van der Waals surface area (Å²) in [6, 6.07) is 33.2. The van der Waals surface area contributed by atoms with Gasteiger partial charge in [-0.15, -0.1) is 0 Å². The Balaban J connectivity index is 1.53. The molecular weight excluding hydrogens is 477 g/mol. The first kappa shape index (κ1) is 22.9. The van der Waals surface area contributed by atoms with E-state index in [-0.39, 0.29) is 5.91 Å². The fourth-order valence-corrected chi connectivity index (χ4v) is 4.19. The van der Waals surface area contributed by atoms with Crippen molar-refractivity contribution in [2.75, 3.05) is 5.32 Å². The normalized spacial score (nSPS) is 10.8. The van der Waals surface area contributed by atoms with Gasteiger partial charge in [-0.05, 0) is 60.0 Å². The van der Waals surface area contributed by atoms with Gasteiger partial charge >= 0.3 is 0 Å². The molecular formula is C29H21Cl2N3O. The highest BCUT2D eigenvalue weighted by molar-refractivity contribution is 6.42. The number of halogens is 2. The molecule has 35 heavy (non-hydrogen) atoms. The lowest BCUT2D eigenvalue weighted by Gasteiger charge is -2.09. The van der Waals surface area contributed by atoms with E-state index in [0.29, 0.717) is 21.4 Å². The Bertz CT molecular complexity index is 1510. The second kappa shape index (κ2) is 9.79. The molecule has 0 aliphatic heterocycles. The van der Waals surface area contributed by atoms with Crippen molar-refractivity contribution in [3.63, 3.8) is 0 Å². The van der Waals surface area contributed by atoms with Crippen LogP contribution in [0.3, 0.4) is 0 Å². The number of amides is 1. The molecule has 5 rings (SSSR count). The molecule has 0 aliphatic rings. The average Bonchev–Trinajstić information content (AvgIpc) is 3.33. The average molecular weight is 498 g/mol. The SMILES string of the molecule is Cc1cccc(-n2nc(C(=O)Nc3ccc(Cl)c(Cl)c3)cc2-c2ccc(-c3ccccc3)cc2)c1. The van der Waals surface area contributed by atoms with Crippen molar-refractivity contribution in [1.29, 1.82) is 0 Å². The Morgan fingerprint density at radius 2 is 1.46 bits per heavy atom. The Labute approximate surface area is 213 Å². The van der Waals surface area contributed by atoms with Gasteiger partial charge in [0.1, 0.15) is 0 Å². The number of hydrogen-bond acceptors (Lipinski definition) is 2. The zero-order chi connectivity index (χ0) is 24.4. The van der Waals surface area contributed by atoms with Crippen LogP contribution in [0.2, 0.25) is 10.0 Å². The number of nitrogens with zero attached hydrogens (tertiary/aromatic N) is 2. The van der Waals surface area contributed by atoms with Crippen molar-refractivity contribution in [2.24, 2.45) is 0 Å². The number of benzene rings is 4. The molecule has 0 radical (unpaired) electrons. The van der Waals surface area contributed by atoms with Crippen molar-refractivity contribution < 1.29 is 4.79 Å². The lowest BCUT2D eigenvalue weighted by Crippen LogP contribution is -2.13. The molecule has 0 bridgehead atoms. The largest absolute Gasteiger partial charge is 0.321 e. The zero-order valence-electron chi connectivity index (χ0n) is 18.9. The molecule has 1 N–H and O–H groups in total. The Kier molecular flexibility index (Phi) is 6.41. The first-order valence-electron chi connectivity index (χ1n) is 11.1. The second-order valence-electron chi connectivity index (χ2n) is 8.19. The quantitative estimate of drug-likeness (QED) is 0.266. The first-order chi connectivity index (χ1) is 17.0. The summed E-state index contributed by atoms with van der Waals surface area (Å²) in [6.45, 7) is 2.03. The molecule has 4 nitrogen and oxygen atoms in total. The van der Waals surface area contributed by atoms with Gasteiger partial charge in [-0.1, -0.05) is 89.9 Å². The molecule has 1 amide bonds. The van der Waals surface area contributed by atoms with Crippen LogP contribution in [-0.2, 0) is 0 Å². The molecule has 0 unspecified atom stereocenters. The fraction of sp³-hybridized carbons (Fsp3) is 0.0345. The Morgan fingerprint density at radius 1 is 0.743 bits per heavy atom. The number of nitrogens with one attached hydrogen (secondary N) is 1. The van der Waals surface area contributed by atoms with Crippen LogP contribution in [0.25, 0.3) is 28.1 Å². The molecule has 0 atom stereocenters. The van der Waals surface area contributed by atoms with Gasteiger partial charge in [-0.25, -0.2) is 4.68 Å². The zero-order valence-corrected chi connectivity index (χ0v) is 20.4. The van der Waals surface area contributed by atoms with E-state index in [1.165, 1.54) is 0 Å². The standard InChI is InChI=1S/C29H21Cl2N3O/c1-19-6-5-9-24(16-19)34-28(22-12-10-21(11-13-22)20-7-3-2-4-8-20)18-27(33-34)29(35)32-23-14-15-25(30)26(31)17-23/h2-18H,1H3,(H,32,35). The lowest BCUT2D eigenvalue weighted by atomic mass is 10.0. The summed E-state index contributed by atoms with van der Waals surface area (Å²) < 4.78 is 1.80. The monoisotopic (exact) mass is 497 g/mol. The topological polar surface area (TPSA) is 46.9 Å². The predicted molar refractivity (Wildman–Crippen MR) is 144 cm³/mol. The highest BCUT2D eigenvalue weighted by Gasteiger charge is 2.18. The van der Waals surface area contributed by atoms with Gasteiger partial charge in [0, 0.05) is 11.3 Å². The highest BCUT2D eigenvalue weighted by Crippen LogP contribution is 2.29. The van der Waals surface area contributed by atoms with Crippen LogP contribution in [-0.4, -0.2) is 15.7 Å². The number of carbonyl (C=O) groups excluding carboxylic acids is 1. The van der Waals surface area contributed by atoms with E-state index in [9.17, 15) is 4.79 Å². The molecule has 0 saturated heterocycles. The van der Waals surface area contributed by atoms with Gasteiger partial charge in [0.25, 0.3) is 5.91 Å². The van der Waals surface area contributed by atoms with Crippen molar-refractivity contribution in [2.45, 2.75) is 6.92 Å². The summed E-state index contributed by atoms with van der Waals surface area (Å²) in [6.07, 6.45) is 0. The minimum absolute atomic E-state index is 0.291. The first-order valence-corrected chi connectivity index (χ1v) is 11.8. The van der Waals surface area contributed by atoms with E-state index >= 15 is 0 Å². The van der Waals surface area contributed by atoms with Crippen LogP contribution >= 0.6 is 23.2 Å². The number of aryl methyl sites for hydroxylation is 1. The third kappa shape index (κ3) is 4.99. The molecule has 5 aromatic rings. The maximum atomic E-state index is 13.1. The van der Waals surface area contributed by atoms with Crippen LogP contribution in [0.15, 0.2) is 103 Å². The Morgan fingerprint density at radius 3 is 2.17 bits per heavy atom. The van der Waals surface area contributed by atoms with Crippen LogP contribution in [0.4, 0.5) is 5.69 Å². The van der Waals surface area contributed by atoms with E-state index in [1.807, 2.05) is 61.5 Å². The van der Waals surface area contributed by atoms with Gasteiger partial charge in [-0.3, -0.25) is 4.79 Å². The van der Waals surface area contributed by atoms with Crippen LogP contribution in [0.1, 0.15) is 16.1 Å². The number of aromatic nitrogens is 2. The summed E-state index contributed by atoms with van der Waals surface area (Å²) >= 11 is 12.1. The minimum atomic E-state index is -0.336. The van der Waals surface area contributed by atoms with E-state index in [0.717, 1.165) is 33.6 Å². The molecule has 1 heterocycles. The molecule has 6 heteroatoms. The fourth-order valence-electron chi connectivity index (χ4n) is 3.89. The molecule has 172 valence electrons. The molecule has 4 aromatic carbocycles. The molecule has 0 spiro atoms. The third-order valence-electron chi connectivity index (χ3n) is 5.65. The predicted octanol–water partition coefficient (Wildman–Crippen LogP) is 8.07. The maximum Gasteiger partial charge on any atom is 0.276 e. The van der Waals surface area contributed by atoms with Crippen molar-refractivity contribution >= 4 is 34.8 Å². The minimum Gasteiger partial charge on any atom is -0.321 e. The Hall–Kier alpha value is -3.86. The van der Waals surface area contributed by atoms with Gasteiger partial charge < -0.3 is 5.32 Å². The van der Waals surface area contributed by atoms with E-state index in [1.54, 1.807) is 28.9 Å². The van der Waals surface area contributed by atoms with Crippen LogP contribution < -0.4 is 5.32 Å². The summed E-state index contributed by atoms with van der Waals surface area (Å²) in [5.74, 6) is -0.336. The van der Waals surface area contributed by atoms with Gasteiger partial charge in [0.2, 0.25) is 0 Å². The van der Waals surface area contributed by atoms with Gasteiger partial charge in [0.15, 0.2) is 5.69 Å². The van der Waals surface area contributed by atoms with Gasteiger partial charge in [0.05, 0.1) is 21.4 Å². The molecule has 0 aliphatic carbocycles. The van der Waals surface area contributed by atoms with E-state index in [2.05, 4.69) is 34.7 Å². The third-order valence-corrected chi connectivity index (χ3v) is 6.39. The summed E-state index contributed by atoms with van der Waals surface area (Å²) in [5, 5.41) is 8.31. The summed E-state index contributed by atoms with van der Waals surface area (Å²) in [5.41, 5.74) is 6.84. The summed E-state index contributed by atoms with van der Waals surface area (Å²) in [4.78, 5) is 13.1. The number of rotatable bonds is 5. The van der Waals surface area contributed by atoms with E-state index < -0.39 is 0 Å². The molecule has 0 saturated carbocycles. The van der Waals surface area contributed by atoms with Crippen molar-refractivity contribution in [3.05, 3.63) is 124 Å². The second-order valence-corrected chi connectivity index (χ2v) is 9.01. The van der Waals surface area contributed by atoms with Crippen molar-refractivity contribution in [1.82, 2.24) is 9.78 Å². The molecule has 1 aromatic heterocycles. The summed E-state index contributed by atoms with van der Waals surface area (Å²) in [7, 11) is 0. The number of hydrogen-bond donors (Lipinski definition) is 1. The van der Waals surface area contributed by atoms with Crippen molar-refractivity contribution in [3.8, 4) is 28.1 Å². The lowest BCUT2D eigenvalue weighted by molar-refractivity contribution is 0.102. The number of carbonyl (C=O) groups is 1. The molecule has 0 fully saturated rings. The smallest absolute Gasteiger partial charge is 0.276 e.